The summed E-state index contributed by atoms with van der Waals surface area (Å²) in [6, 6.07) is 7.72. The molecule has 0 atom stereocenters. The molecule has 1 aliphatic heterocycles. The van der Waals surface area contributed by atoms with Crippen molar-refractivity contribution >= 4 is 0 Å². The van der Waals surface area contributed by atoms with Crippen LogP contribution < -0.4 is 4.74 Å². The average molecular weight is 220 g/mol. The van der Waals surface area contributed by atoms with Crippen molar-refractivity contribution in [1.29, 1.82) is 0 Å². The molecule has 0 bridgehead atoms. The van der Waals surface area contributed by atoms with E-state index in [1.54, 1.807) is 7.11 Å². The number of hydrogen-bond donors (Lipinski definition) is 0. The minimum absolute atomic E-state index is 0.294. The summed E-state index contributed by atoms with van der Waals surface area (Å²) in [7, 11) is 1.64. The summed E-state index contributed by atoms with van der Waals surface area (Å²) in [5, 5.41) is 0. The molecule has 16 heavy (non-hydrogen) atoms. The van der Waals surface area contributed by atoms with Crippen molar-refractivity contribution < 1.29 is 14.2 Å². The van der Waals surface area contributed by atoms with Gasteiger partial charge in [0.05, 0.1) is 20.3 Å². The Morgan fingerprint density at radius 1 is 1.38 bits per heavy atom. The van der Waals surface area contributed by atoms with E-state index in [2.05, 4.69) is 0 Å². The first kappa shape index (κ1) is 11.4. The van der Waals surface area contributed by atoms with Gasteiger partial charge in [-0.05, 0) is 25.5 Å². The predicted molar refractivity (Wildman–Crippen MR) is 60.0 cm³/mol. The first-order valence-corrected chi connectivity index (χ1v) is 5.40. The molecule has 1 aliphatic rings. The standard InChI is InChI=1S/C13H16O3/c1-3-10-8-15-13(16-9-10)11-5-4-6-12(7-11)14-2/h1,4-7,10,13H,3,8-9H2,2H3. The summed E-state index contributed by atoms with van der Waals surface area (Å²) in [5.74, 6) is 1.12. The molecule has 0 N–H and O–H groups in total. The predicted octanol–water partition coefficient (Wildman–Crippen LogP) is 2.46. The van der Waals surface area contributed by atoms with Crippen molar-refractivity contribution in [3.8, 4) is 5.75 Å². The summed E-state index contributed by atoms with van der Waals surface area (Å²) in [4.78, 5) is 0. The van der Waals surface area contributed by atoms with Crippen LogP contribution in [0.3, 0.4) is 0 Å². The van der Waals surface area contributed by atoms with Gasteiger partial charge in [0.2, 0.25) is 0 Å². The molecule has 1 aromatic rings. The smallest absolute Gasteiger partial charge is 0.183 e. The van der Waals surface area contributed by atoms with Crippen LogP contribution >= 0.6 is 0 Å². The first-order valence-electron chi connectivity index (χ1n) is 5.40. The van der Waals surface area contributed by atoms with E-state index in [9.17, 15) is 0 Å². The topological polar surface area (TPSA) is 27.7 Å². The lowest BCUT2D eigenvalue weighted by atomic mass is 10.1. The van der Waals surface area contributed by atoms with E-state index in [4.69, 9.17) is 21.1 Å². The maximum Gasteiger partial charge on any atom is 0.183 e. The third-order valence-corrected chi connectivity index (χ3v) is 2.67. The number of hydrogen-bond acceptors (Lipinski definition) is 3. The minimum atomic E-state index is -0.294. The van der Waals surface area contributed by atoms with E-state index in [1.807, 2.05) is 24.3 Å². The minimum Gasteiger partial charge on any atom is -0.497 e. The fourth-order valence-corrected chi connectivity index (χ4v) is 1.66. The molecule has 0 unspecified atom stereocenters. The number of methoxy groups -OCH3 is 1. The fraction of sp³-hybridized carbons (Fsp3) is 0.462. The molecular formula is C13H16O3. The molecule has 86 valence electrons. The molecule has 1 heterocycles. The maximum atomic E-state index is 5.61. The van der Waals surface area contributed by atoms with Gasteiger partial charge in [0.15, 0.2) is 6.29 Å². The average Bonchev–Trinajstić information content (AvgIpc) is 2.39. The van der Waals surface area contributed by atoms with Gasteiger partial charge in [0.25, 0.3) is 0 Å². The Kier molecular flexibility index (Phi) is 3.80. The van der Waals surface area contributed by atoms with E-state index >= 15 is 0 Å². The van der Waals surface area contributed by atoms with Gasteiger partial charge in [0, 0.05) is 11.5 Å². The molecule has 0 aliphatic carbocycles. The van der Waals surface area contributed by atoms with Gasteiger partial charge in [-0.25, -0.2) is 0 Å². The Bertz CT molecular complexity index is 330. The molecule has 2 rings (SSSR count). The maximum absolute atomic E-state index is 5.61. The zero-order chi connectivity index (χ0) is 11.4. The van der Waals surface area contributed by atoms with Crippen molar-refractivity contribution in [1.82, 2.24) is 0 Å². The van der Waals surface area contributed by atoms with Gasteiger partial charge in [0.1, 0.15) is 5.75 Å². The van der Waals surface area contributed by atoms with Crippen molar-refractivity contribution in [2.75, 3.05) is 20.3 Å². The van der Waals surface area contributed by atoms with Crippen LogP contribution in [0.25, 0.3) is 0 Å². The molecule has 1 aromatic carbocycles. The zero-order valence-electron chi connectivity index (χ0n) is 9.39. The third-order valence-electron chi connectivity index (χ3n) is 2.67. The second-order valence-electron chi connectivity index (χ2n) is 3.88. The van der Waals surface area contributed by atoms with Crippen LogP contribution in [-0.2, 0) is 9.47 Å². The molecule has 0 aromatic heterocycles. The number of rotatable bonds is 3. The van der Waals surface area contributed by atoms with Gasteiger partial charge < -0.3 is 14.2 Å². The highest BCUT2D eigenvalue weighted by Gasteiger charge is 2.22. The van der Waals surface area contributed by atoms with Crippen molar-refractivity contribution in [2.24, 2.45) is 5.92 Å². The molecule has 2 radical (unpaired) electrons. The van der Waals surface area contributed by atoms with E-state index in [0.717, 1.165) is 11.3 Å². The van der Waals surface area contributed by atoms with E-state index in [0.29, 0.717) is 25.6 Å². The molecule has 3 nitrogen and oxygen atoms in total. The summed E-state index contributed by atoms with van der Waals surface area (Å²) >= 11 is 0. The third kappa shape index (κ3) is 2.54. The lowest BCUT2D eigenvalue weighted by Gasteiger charge is -2.29. The van der Waals surface area contributed by atoms with Gasteiger partial charge >= 0.3 is 0 Å². The van der Waals surface area contributed by atoms with Crippen LogP contribution in [0.15, 0.2) is 24.3 Å². The van der Waals surface area contributed by atoms with Crippen LogP contribution in [-0.4, -0.2) is 20.3 Å². The van der Waals surface area contributed by atoms with Gasteiger partial charge in [-0.2, -0.15) is 0 Å². The summed E-state index contributed by atoms with van der Waals surface area (Å²) in [6.45, 7) is 6.86. The highest BCUT2D eigenvalue weighted by molar-refractivity contribution is 5.29. The second-order valence-corrected chi connectivity index (χ2v) is 3.88. The van der Waals surface area contributed by atoms with Crippen LogP contribution in [0.1, 0.15) is 18.3 Å². The number of benzene rings is 1. The Morgan fingerprint density at radius 3 is 2.75 bits per heavy atom. The summed E-state index contributed by atoms with van der Waals surface area (Å²) < 4.78 is 16.4. The van der Waals surface area contributed by atoms with Crippen molar-refractivity contribution in [3.63, 3.8) is 0 Å². The summed E-state index contributed by atoms with van der Waals surface area (Å²) in [5.41, 5.74) is 0.981. The highest BCUT2D eigenvalue weighted by Crippen LogP contribution is 2.28. The van der Waals surface area contributed by atoms with E-state index < -0.39 is 0 Å². The van der Waals surface area contributed by atoms with Gasteiger partial charge in [-0.15, -0.1) is 0 Å². The molecule has 0 amide bonds. The van der Waals surface area contributed by atoms with Crippen LogP contribution in [0.4, 0.5) is 0 Å². The zero-order valence-corrected chi connectivity index (χ0v) is 9.39. The lowest BCUT2D eigenvalue weighted by Crippen LogP contribution is -2.26. The molecule has 1 fully saturated rings. The van der Waals surface area contributed by atoms with Crippen molar-refractivity contribution in [2.45, 2.75) is 12.7 Å². The van der Waals surface area contributed by atoms with Gasteiger partial charge in [-0.3, -0.25) is 0 Å². The summed E-state index contributed by atoms with van der Waals surface area (Å²) in [6.07, 6.45) is 0.308. The molecule has 3 heteroatoms. The fourth-order valence-electron chi connectivity index (χ4n) is 1.66. The Balaban J connectivity index is 2.02. The highest BCUT2D eigenvalue weighted by atomic mass is 16.7. The molecule has 1 saturated heterocycles. The lowest BCUT2D eigenvalue weighted by molar-refractivity contribution is -0.204. The normalized spacial score (nSPS) is 25.4. The Labute approximate surface area is 96.3 Å². The first-order chi connectivity index (χ1) is 7.83. The Hall–Kier alpha value is -1.06. The molecule has 0 spiro atoms. The Morgan fingerprint density at radius 2 is 2.12 bits per heavy atom. The monoisotopic (exact) mass is 220 g/mol. The van der Waals surface area contributed by atoms with Gasteiger partial charge in [-0.1, -0.05) is 12.1 Å². The number of ether oxygens (including phenoxy) is 3. The quantitative estimate of drug-likeness (QED) is 0.783. The van der Waals surface area contributed by atoms with Crippen LogP contribution in [0.5, 0.6) is 5.75 Å². The molecular weight excluding hydrogens is 204 g/mol. The second kappa shape index (κ2) is 5.32. The van der Waals surface area contributed by atoms with E-state index in [-0.39, 0.29) is 6.29 Å². The van der Waals surface area contributed by atoms with E-state index in [1.165, 1.54) is 0 Å². The SMILES string of the molecule is [CH]CC1COC(c2cccc(OC)c2)OC1. The van der Waals surface area contributed by atoms with Crippen LogP contribution in [0, 0.1) is 12.8 Å². The van der Waals surface area contributed by atoms with Crippen molar-refractivity contribution in [3.05, 3.63) is 36.8 Å². The van der Waals surface area contributed by atoms with Crippen LogP contribution in [0.2, 0.25) is 0 Å². The largest absolute Gasteiger partial charge is 0.497 e. The molecule has 0 saturated carbocycles.